The quantitative estimate of drug-likeness (QED) is 0.129. The number of rotatable bonds is 11. The standard InChI is InChI=1S/C72H45F3N4S/c73-58-44-65(74)70(66(75)45-58)55-28-36-60(37-29-55)78(59-32-24-51(25-33-59)48-14-8-3-9-15-48)69-41-38-62(71-72(69)77-80-76-71)54-26-34-61(35-27-54)79-67-39-30-56(52-20-16-49(17-21-52)46-10-4-1-5-11-46)42-63(67)64-43-57(31-40-68(64)79)53-22-18-50(19-23-53)47-12-6-2-7-13-47/h1-45H. The predicted molar refractivity (Wildman–Crippen MR) is 324 cm³/mol. The van der Waals surface area contributed by atoms with Gasteiger partial charge in [0.15, 0.2) is 0 Å². The van der Waals surface area contributed by atoms with E-state index in [9.17, 15) is 4.39 Å². The van der Waals surface area contributed by atoms with Crippen molar-refractivity contribution in [3.8, 4) is 83.6 Å². The lowest BCUT2D eigenvalue weighted by Gasteiger charge is -2.26. The maximum Gasteiger partial charge on any atom is 0.136 e. The summed E-state index contributed by atoms with van der Waals surface area (Å²) >= 11 is 1.14. The normalized spacial score (nSPS) is 11.4. The summed E-state index contributed by atoms with van der Waals surface area (Å²) in [5.74, 6) is -2.91. The molecule has 0 N–H and O–H groups in total. The molecule has 0 unspecified atom stereocenters. The monoisotopic (exact) mass is 1050 g/mol. The zero-order valence-corrected chi connectivity index (χ0v) is 43.6. The van der Waals surface area contributed by atoms with Gasteiger partial charge in [-0.1, -0.05) is 188 Å². The van der Waals surface area contributed by atoms with Crippen molar-refractivity contribution in [2.24, 2.45) is 0 Å². The summed E-state index contributed by atoms with van der Waals surface area (Å²) in [6.45, 7) is 0. The van der Waals surface area contributed by atoms with Crippen molar-refractivity contribution in [3.63, 3.8) is 0 Å². The molecule has 80 heavy (non-hydrogen) atoms. The highest BCUT2D eigenvalue weighted by atomic mass is 32.1. The Hall–Kier alpha value is -10.2. The fraction of sp³-hybridized carbons (Fsp3) is 0. The van der Waals surface area contributed by atoms with Crippen LogP contribution in [-0.4, -0.2) is 13.3 Å². The van der Waals surface area contributed by atoms with E-state index >= 15 is 8.78 Å². The molecule has 0 radical (unpaired) electrons. The molecule has 380 valence electrons. The molecule has 0 saturated heterocycles. The molecule has 0 amide bonds. The van der Waals surface area contributed by atoms with Crippen LogP contribution < -0.4 is 4.90 Å². The van der Waals surface area contributed by atoms with Crippen LogP contribution in [0.3, 0.4) is 0 Å². The molecule has 8 heteroatoms. The Morgan fingerprint density at radius 1 is 0.325 bits per heavy atom. The van der Waals surface area contributed by atoms with Gasteiger partial charge in [-0.25, -0.2) is 13.2 Å². The fourth-order valence-electron chi connectivity index (χ4n) is 11.1. The van der Waals surface area contributed by atoms with Crippen molar-refractivity contribution in [3.05, 3.63) is 290 Å². The van der Waals surface area contributed by atoms with Gasteiger partial charge in [-0.05, 0) is 140 Å². The summed E-state index contributed by atoms with van der Waals surface area (Å²) in [6, 6.07) is 91.7. The average Bonchev–Trinajstić information content (AvgIpc) is 4.34. The van der Waals surface area contributed by atoms with Crippen molar-refractivity contribution in [2.45, 2.75) is 0 Å². The second kappa shape index (κ2) is 20.3. The number of aromatic nitrogens is 3. The van der Waals surface area contributed by atoms with Gasteiger partial charge in [0.25, 0.3) is 0 Å². The van der Waals surface area contributed by atoms with Crippen LogP contribution in [0.4, 0.5) is 30.2 Å². The molecule has 0 atom stereocenters. The lowest BCUT2D eigenvalue weighted by Crippen LogP contribution is -2.10. The van der Waals surface area contributed by atoms with Gasteiger partial charge >= 0.3 is 0 Å². The summed E-state index contributed by atoms with van der Waals surface area (Å²) in [4.78, 5) is 2.07. The number of hydrogen-bond acceptors (Lipinski definition) is 4. The van der Waals surface area contributed by atoms with Crippen molar-refractivity contribution in [1.82, 2.24) is 13.3 Å². The van der Waals surface area contributed by atoms with E-state index in [0.717, 1.165) is 106 Å². The third kappa shape index (κ3) is 8.87. The molecule has 0 aliphatic heterocycles. The first-order valence-electron chi connectivity index (χ1n) is 26.4. The van der Waals surface area contributed by atoms with E-state index in [4.69, 9.17) is 8.75 Å². The topological polar surface area (TPSA) is 34.0 Å². The highest BCUT2D eigenvalue weighted by Gasteiger charge is 2.23. The minimum absolute atomic E-state index is 0.285. The molecule has 12 aromatic carbocycles. The number of anilines is 3. The van der Waals surface area contributed by atoms with Crippen LogP contribution in [0.5, 0.6) is 0 Å². The summed E-state index contributed by atoms with van der Waals surface area (Å²) in [5.41, 5.74) is 20.4. The van der Waals surface area contributed by atoms with Crippen LogP contribution in [0.25, 0.3) is 116 Å². The Bertz CT molecular complexity index is 4400. The molecule has 0 spiro atoms. The Morgan fingerprint density at radius 2 is 0.700 bits per heavy atom. The molecule has 0 fully saturated rings. The molecular weight excluding hydrogens is 1010 g/mol. The molecule has 14 rings (SSSR count). The maximum absolute atomic E-state index is 15.0. The Kier molecular flexibility index (Phi) is 12.3. The first kappa shape index (κ1) is 48.2. The fourth-order valence-corrected chi connectivity index (χ4v) is 11.7. The molecule has 0 aliphatic rings. The van der Waals surface area contributed by atoms with Crippen molar-refractivity contribution < 1.29 is 13.2 Å². The van der Waals surface area contributed by atoms with E-state index in [2.05, 4.69) is 216 Å². The van der Waals surface area contributed by atoms with Crippen LogP contribution in [-0.2, 0) is 0 Å². The summed E-state index contributed by atoms with van der Waals surface area (Å²) < 4.78 is 56.1. The summed E-state index contributed by atoms with van der Waals surface area (Å²) in [7, 11) is 0. The minimum atomic E-state index is -0.971. The Morgan fingerprint density at radius 3 is 1.16 bits per heavy atom. The highest BCUT2D eigenvalue weighted by Crippen LogP contribution is 2.44. The maximum atomic E-state index is 15.0. The SMILES string of the molecule is Fc1cc(F)c(-c2ccc(N(c3ccc(-c4ccccc4)cc3)c3ccc(-c4ccc(-n5c6ccc(-c7ccc(-c8ccccc8)cc7)cc6c6cc(-c7ccc(-c8ccccc8)cc7)ccc65)cc4)c4nsnc34)cc2)c(F)c1. The highest BCUT2D eigenvalue weighted by molar-refractivity contribution is 7.00. The molecule has 0 saturated carbocycles. The van der Waals surface area contributed by atoms with E-state index in [-0.39, 0.29) is 11.1 Å². The first-order valence-corrected chi connectivity index (χ1v) is 27.1. The van der Waals surface area contributed by atoms with Gasteiger partial charge in [0.05, 0.1) is 34.0 Å². The largest absolute Gasteiger partial charge is 0.309 e. The molecule has 4 nitrogen and oxygen atoms in total. The van der Waals surface area contributed by atoms with Crippen molar-refractivity contribution in [2.75, 3.05) is 4.90 Å². The number of nitrogens with zero attached hydrogens (tertiary/aromatic N) is 4. The van der Waals surface area contributed by atoms with E-state index in [1.165, 1.54) is 22.3 Å². The zero-order chi connectivity index (χ0) is 53.7. The Labute approximate surface area is 464 Å². The van der Waals surface area contributed by atoms with Crippen molar-refractivity contribution >= 4 is 61.6 Å². The van der Waals surface area contributed by atoms with Crippen LogP contribution in [0.15, 0.2) is 273 Å². The molecule has 0 aliphatic carbocycles. The van der Waals surface area contributed by atoms with Crippen molar-refractivity contribution in [1.29, 1.82) is 0 Å². The number of halogens is 3. The second-order valence-corrected chi connectivity index (χ2v) is 20.4. The summed E-state index contributed by atoms with van der Waals surface area (Å²) in [5, 5.41) is 2.32. The van der Waals surface area contributed by atoms with E-state index in [1.54, 1.807) is 12.1 Å². The number of fused-ring (bicyclic) bond motifs is 4. The van der Waals surface area contributed by atoms with E-state index < -0.39 is 17.5 Å². The van der Waals surface area contributed by atoms with Gasteiger partial charge < -0.3 is 9.47 Å². The average molecular weight is 1060 g/mol. The van der Waals surface area contributed by atoms with Crippen LogP contribution in [0, 0.1) is 17.5 Å². The lowest BCUT2D eigenvalue weighted by molar-refractivity contribution is 0.548. The van der Waals surface area contributed by atoms with Gasteiger partial charge in [-0.3, -0.25) is 0 Å². The van der Waals surface area contributed by atoms with Crippen LogP contribution >= 0.6 is 11.7 Å². The van der Waals surface area contributed by atoms with Gasteiger partial charge in [-0.2, -0.15) is 8.75 Å². The molecule has 2 heterocycles. The van der Waals surface area contributed by atoms with Gasteiger partial charge in [-0.15, -0.1) is 0 Å². The smallest absolute Gasteiger partial charge is 0.136 e. The van der Waals surface area contributed by atoms with Gasteiger partial charge in [0, 0.05) is 45.5 Å². The lowest BCUT2D eigenvalue weighted by atomic mass is 9.97. The minimum Gasteiger partial charge on any atom is -0.309 e. The number of hydrogen-bond donors (Lipinski definition) is 0. The van der Waals surface area contributed by atoms with Gasteiger partial charge in [0.1, 0.15) is 28.5 Å². The summed E-state index contributed by atoms with van der Waals surface area (Å²) in [6.07, 6.45) is 0. The molecule has 2 aromatic heterocycles. The first-order chi connectivity index (χ1) is 39.4. The second-order valence-electron chi connectivity index (χ2n) is 19.9. The molecule has 0 bridgehead atoms. The van der Waals surface area contributed by atoms with E-state index in [1.807, 2.05) is 42.5 Å². The third-order valence-corrected chi connectivity index (χ3v) is 15.7. The predicted octanol–water partition coefficient (Wildman–Crippen LogP) is 20.3. The molecule has 14 aromatic rings. The van der Waals surface area contributed by atoms with Gasteiger partial charge in [0.2, 0.25) is 0 Å². The van der Waals surface area contributed by atoms with E-state index in [0.29, 0.717) is 17.6 Å². The van der Waals surface area contributed by atoms with Crippen LogP contribution in [0.2, 0.25) is 0 Å². The third-order valence-electron chi connectivity index (χ3n) is 15.1. The number of benzene rings is 12. The van der Waals surface area contributed by atoms with Crippen LogP contribution in [0.1, 0.15) is 0 Å². The molecular formula is C72H45F3N4S. The Balaban J connectivity index is 0.842. The zero-order valence-electron chi connectivity index (χ0n) is 42.8.